The SMILES string of the molecule is CC(C)n1ncnc1COc1cccc(C#CCN)c1. The second-order valence-corrected chi connectivity index (χ2v) is 4.54. The molecule has 0 aliphatic carbocycles. The van der Waals surface area contributed by atoms with Crippen LogP contribution in [0.1, 0.15) is 31.3 Å². The summed E-state index contributed by atoms with van der Waals surface area (Å²) in [4.78, 5) is 4.21. The molecule has 0 aliphatic heterocycles. The highest BCUT2D eigenvalue weighted by molar-refractivity contribution is 5.39. The molecule has 0 fully saturated rings. The Morgan fingerprint density at radius 1 is 1.40 bits per heavy atom. The summed E-state index contributed by atoms with van der Waals surface area (Å²) in [5.41, 5.74) is 6.25. The molecule has 1 heterocycles. The van der Waals surface area contributed by atoms with E-state index in [9.17, 15) is 0 Å². The molecule has 2 rings (SSSR count). The summed E-state index contributed by atoms with van der Waals surface area (Å²) >= 11 is 0. The first-order valence-electron chi connectivity index (χ1n) is 6.51. The van der Waals surface area contributed by atoms with Crippen LogP contribution in [0.4, 0.5) is 0 Å². The van der Waals surface area contributed by atoms with Crippen LogP contribution in [-0.4, -0.2) is 21.3 Å². The summed E-state index contributed by atoms with van der Waals surface area (Å²) in [5.74, 6) is 7.36. The Balaban J connectivity index is 2.05. The van der Waals surface area contributed by atoms with Crippen molar-refractivity contribution in [2.24, 2.45) is 5.73 Å². The first-order chi connectivity index (χ1) is 9.70. The number of rotatable bonds is 4. The van der Waals surface area contributed by atoms with Gasteiger partial charge in [-0.25, -0.2) is 9.67 Å². The van der Waals surface area contributed by atoms with Crippen molar-refractivity contribution in [1.29, 1.82) is 0 Å². The molecule has 0 bridgehead atoms. The molecule has 0 saturated heterocycles. The van der Waals surface area contributed by atoms with Gasteiger partial charge in [-0.2, -0.15) is 5.10 Å². The van der Waals surface area contributed by atoms with E-state index in [1.807, 2.05) is 28.9 Å². The maximum absolute atomic E-state index is 5.74. The molecule has 0 atom stereocenters. The van der Waals surface area contributed by atoms with Gasteiger partial charge in [0.05, 0.1) is 6.54 Å². The highest BCUT2D eigenvalue weighted by Crippen LogP contribution is 2.15. The molecule has 0 spiro atoms. The Hall–Kier alpha value is -2.32. The van der Waals surface area contributed by atoms with Gasteiger partial charge in [0.25, 0.3) is 0 Å². The van der Waals surface area contributed by atoms with Crippen molar-refractivity contribution < 1.29 is 4.74 Å². The predicted molar refractivity (Wildman–Crippen MR) is 77.1 cm³/mol. The normalized spacial score (nSPS) is 10.2. The van der Waals surface area contributed by atoms with E-state index in [0.717, 1.165) is 17.1 Å². The number of benzene rings is 1. The topological polar surface area (TPSA) is 66.0 Å². The van der Waals surface area contributed by atoms with Crippen LogP contribution in [0.2, 0.25) is 0 Å². The van der Waals surface area contributed by atoms with E-state index >= 15 is 0 Å². The number of nitrogens with zero attached hydrogens (tertiary/aromatic N) is 3. The average Bonchev–Trinajstić information content (AvgIpc) is 2.92. The van der Waals surface area contributed by atoms with E-state index < -0.39 is 0 Å². The van der Waals surface area contributed by atoms with Gasteiger partial charge in [-0.15, -0.1) is 0 Å². The highest BCUT2D eigenvalue weighted by atomic mass is 16.5. The number of ether oxygens (including phenoxy) is 1. The Bertz CT molecular complexity index is 622. The third-order valence-corrected chi connectivity index (χ3v) is 2.67. The summed E-state index contributed by atoms with van der Waals surface area (Å²) in [6, 6.07) is 7.87. The van der Waals surface area contributed by atoms with Crippen LogP contribution in [0, 0.1) is 11.8 Å². The van der Waals surface area contributed by atoms with E-state index in [1.165, 1.54) is 0 Å². The fourth-order valence-electron chi connectivity index (χ4n) is 1.77. The molecule has 20 heavy (non-hydrogen) atoms. The van der Waals surface area contributed by atoms with Crippen molar-refractivity contribution in [3.63, 3.8) is 0 Å². The van der Waals surface area contributed by atoms with E-state index in [2.05, 4.69) is 35.8 Å². The first-order valence-corrected chi connectivity index (χ1v) is 6.51. The van der Waals surface area contributed by atoms with Gasteiger partial charge in [-0.1, -0.05) is 17.9 Å². The van der Waals surface area contributed by atoms with Crippen LogP contribution in [0.25, 0.3) is 0 Å². The molecule has 1 aromatic carbocycles. The van der Waals surface area contributed by atoms with E-state index in [4.69, 9.17) is 10.5 Å². The maximum Gasteiger partial charge on any atom is 0.165 e. The van der Waals surface area contributed by atoms with Crippen LogP contribution in [0.15, 0.2) is 30.6 Å². The molecule has 2 N–H and O–H groups in total. The van der Waals surface area contributed by atoms with Crippen LogP contribution < -0.4 is 10.5 Å². The second kappa shape index (κ2) is 6.73. The van der Waals surface area contributed by atoms with Gasteiger partial charge in [0.2, 0.25) is 0 Å². The lowest BCUT2D eigenvalue weighted by Crippen LogP contribution is -2.10. The monoisotopic (exact) mass is 270 g/mol. The van der Waals surface area contributed by atoms with Crippen molar-refractivity contribution >= 4 is 0 Å². The van der Waals surface area contributed by atoms with Gasteiger partial charge in [0.15, 0.2) is 5.82 Å². The van der Waals surface area contributed by atoms with Gasteiger partial charge in [0.1, 0.15) is 18.7 Å². The smallest absolute Gasteiger partial charge is 0.165 e. The number of aromatic nitrogens is 3. The minimum absolute atomic E-state index is 0.262. The molecule has 0 aliphatic rings. The zero-order chi connectivity index (χ0) is 14.4. The van der Waals surface area contributed by atoms with Gasteiger partial charge < -0.3 is 10.5 Å². The molecule has 0 unspecified atom stereocenters. The van der Waals surface area contributed by atoms with Gasteiger partial charge >= 0.3 is 0 Å². The second-order valence-electron chi connectivity index (χ2n) is 4.54. The van der Waals surface area contributed by atoms with E-state index in [0.29, 0.717) is 13.2 Å². The Labute approximate surface area is 118 Å². The average molecular weight is 270 g/mol. The van der Waals surface area contributed by atoms with Crippen LogP contribution >= 0.6 is 0 Å². The van der Waals surface area contributed by atoms with Crippen LogP contribution in [0.5, 0.6) is 5.75 Å². The third-order valence-electron chi connectivity index (χ3n) is 2.67. The quantitative estimate of drug-likeness (QED) is 0.860. The van der Waals surface area contributed by atoms with Crippen molar-refractivity contribution in [2.75, 3.05) is 6.54 Å². The van der Waals surface area contributed by atoms with Crippen molar-refractivity contribution in [2.45, 2.75) is 26.5 Å². The number of hydrogen-bond acceptors (Lipinski definition) is 4. The molecular formula is C15H18N4O. The largest absolute Gasteiger partial charge is 0.486 e. The minimum Gasteiger partial charge on any atom is -0.486 e. The minimum atomic E-state index is 0.262. The lowest BCUT2D eigenvalue weighted by molar-refractivity contribution is 0.282. The van der Waals surface area contributed by atoms with Crippen molar-refractivity contribution in [3.05, 3.63) is 42.0 Å². The molecule has 104 valence electrons. The molecular weight excluding hydrogens is 252 g/mol. The van der Waals surface area contributed by atoms with Gasteiger partial charge in [-0.05, 0) is 32.0 Å². The van der Waals surface area contributed by atoms with Crippen molar-refractivity contribution in [1.82, 2.24) is 14.8 Å². The van der Waals surface area contributed by atoms with Crippen LogP contribution in [-0.2, 0) is 6.61 Å². The van der Waals surface area contributed by atoms with Gasteiger partial charge in [0, 0.05) is 11.6 Å². The maximum atomic E-state index is 5.74. The fraction of sp³-hybridized carbons (Fsp3) is 0.333. The molecule has 1 aromatic heterocycles. The molecule has 2 aromatic rings. The number of nitrogens with two attached hydrogens (primary N) is 1. The van der Waals surface area contributed by atoms with E-state index in [-0.39, 0.29) is 6.04 Å². The third kappa shape index (κ3) is 3.59. The van der Waals surface area contributed by atoms with E-state index in [1.54, 1.807) is 6.33 Å². The Morgan fingerprint density at radius 3 is 3.00 bits per heavy atom. The summed E-state index contributed by atoms with van der Waals surface area (Å²) in [5, 5.41) is 4.18. The summed E-state index contributed by atoms with van der Waals surface area (Å²) < 4.78 is 7.58. The molecule has 0 saturated carbocycles. The summed E-state index contributed by atoms with van der Waals surface area (Å²) in [7, 11) is 0. The molecule has 0 amide bonds. The lowest BCUT2D eigenvalue weighted by Gasteiger charge is -2.10. The number of hydrogen-bond donors (Lipinski definition) is 1. The zero-order valence-corrected chi connectivity index (χ0v) is 11.7. The molecule has 0 radical (unpaired) electrons. The standard InChI is InChI=1S/C15H18N4O/c1-12(2)19-15(17-11-18-19)10-20-14-7-3-5-13(9-14)6-4-8-16/h3,5,7,9,11-12H,8,10,16H2,1-2H3. The molecule has 5 heteroatoms. The first kappa shape index (κ1) is 14.1. The predicted octanol–water partition coefficient (Wildman–Crippen LogP) is 1.75. The Morgan fingerprint density at radius 2 is 2.25 bits per heavy atom. The zero-order valence-electron chi connectivity index (χ0n) is 11.7. The lowest BCUT2D eigenvalue weighted by atomic mass is 10.2. The Kier molecular flexibility index (Phi) is 4.75. The summed E-state index contributed by atoms with van der Waals surface area (Å²) in [6.45, 7) is 4.84. The molecule has 5 nitrogen and oxygen atoms in total. The fourth-order valence-corrected chi connectivity index (χ4v) is 1.77. The highest BCUT2D eigenvalue weighted by Gasteiger charge is 2.08. The van der Waals surface area contributed by atoms with Crippen molar-refractivity contribution in [3.8, 4) is 17.6 Å². The summed E-state index contributed by atoms with van der Waals surface area (Å²) in [6.07, 6.45) is 1.54. The van der Waals surface area contributed by atoms with Crippen LogP contribution in [0.3, 0.4) is 0 Å². The van der Waals surface area contributed by atoms with Gasteiger partial charge in [-0.3, -0.25) is 0 Å².